The summed E-state index contributed by atoms with van der Waals surface area (Å²) in [6, 6.07) is 5.06. The lowest BCUT2D eigenvalue weighted by molar-refractivity contribution is 0.222. The third-order valence-corrected chi connectivity index (χ3v) is 2.90. The van der Waals surface area contributed by atoms with Crippen LogP contribution < -0.4 is 15.4 Å². The third-order valence-electron chi connectivity index (χ3n) is 2.90. The van der Waals surface area contributed by atoms with E-state index < -0.39 is 0 Å². The number of aryl methyl sites for hydroxylation is 1. The summed E-state index contributed by atoms with van der Waals surface area (Å²) < 4.78 is 5.63. The normalized spacial score (nSPS) is 11.8. The number of nitrogens with one attached hydrogen (secondary N) is 2. The molecule has 1 rings (SSSR count). The molecule has 0 fully saturated rings. The number of carbonyl (C=O) groups is 1. The molecule has 1 unspecified atom stereocenters. The number of carbonyl (C=O) groups excluding carboxylic acids is 1. The molecule has 0 saturated heterocycles. The van der Waals surface area contributed by atoms with Gasteiger partial charge in [0, 0.05) is 0 Å². The Kier molecular flexibility index (Phi) is 6.87. The van der Waals surface area contributed by atoms with E-state index in [-0.39, 0.29) is 18.7 Å². The fourth-order valence-corrected chi connectivity index (χ4v) is 1.68. The average molecular weight is 280 g/mol. The van der Waals surface area contributed by atoms with E-state index in [1.165, 1.54) is 0 Å². The quantitative estimate of drug-likeness (QED) is 0.719. The van der Waals surface area contributed by atoms with Crippen LogP contribution in [0.1, 0.15) is 32.3 Å². The van der Waals surface area contributed by atoms with Crippen LogP contribution in [0, 0.1) is 6.92 Å². The van der Waals surface area contributed by atoms with E-state index in [2.05, 4.69) is 10.6 Å². The minimum Gasteiger partial charge on any atom is -0.491 e. The van der Waals surface area contributed by atoms with Crippen molar-refractivity contribution in [3.63, 3.8) is 0 Å². The molecule has 0 saturated carbocycles. The van der Waals surface area contributed by atoms with Crippen molar-refractivity contribution < 1.29 is 14.6 Å². The molecule has 0 aliphatic heterocycles. The van der Waals surface area contributed by atoms with Crippen LogP contribution in [0.3, 0.4) is 0 Å². The van der Waals surface area contributed by atoms with Gasteiger partial charge >= 0.3 is 6.03 Å². The Bertz CT molecular complexity index is 431. The topological polar surface area (TPSA) is 70.6 Å². The number of benzene rings is 1. The average Bonchev–Trinajstić information content (AvgIpc) is 2.44. The molecular formula is C15H24N2O3. The van der Waals surface area contributed by atoms with Crippen LogP contribution in [0.15, 0.2) is 18.2 Å². The van der Waals surface area contributed by atoms with Crippen LogP contribution >= 0.6 is 0 Å². The highest BCUT2D eigenvalue weighted by Crippen LogP contribution is 2.25. The predicted octanol–water partition coefficient (Wildman–Crippen LogP) is 2.68. The van der Waals surface area contributed by atoms with E-state index in [1.54, 1.807) is 0 Å². The summed E-state index contributed by atoms with van der Waals surface area (Å²) in [7, 11) is 0. The van der Waals surface area contributed by atoms with Gasteiger partial charge in [0.05, 0.1) is 24.9 Å². The number of anilines is 1. The highest BCUT2D eigenvalue weighted by molar-refractivity contribution is 5.91. The predicted molar refractivity (Wildman–Crippen MR) is 80.3 cm³/mol. The number of hydrogen-bond donors (Lipinski definition) is 3. The molecule has 0 spiro atoms. The minimum atomic E-state index is -0.337. The molecule has 0 aliphatic carbocycles. The summed E-state index contributed by atoms with van der Waals surface area (Å²) in [5.41, 5.74) is 1.71. The van der Waals surface area contributed by atoms with E-state index in [0.29, 0.717) is 24.5 Å². The molecule has 0 heterocycles. The van der Waals surface area contributed by atoms with E-state index in [1.807, 2.05) is 39.0 Å². The minimum absolute atomic E-state index is 0.0724. The van der Waals surface area contributed by atoms with Gasteiger partial charge in [0.2, 0.25) is 0 Å². The monoisotopic (exact) mass is 280 g/mol. The van der Waals surface area contributed by atoms with E-state index in [9.17, 15) is 4.79 Å². The Hall–Kier alpha value is -1.75. The summed E-state index contributed by atoms with van der Waals surface area (Å²) in [6.07, 6.45) is 1.58. The number of aliphatic hydroxyl groups is 1. The molecule has 0 radical (unpaired) electrons. The summed E-state index contributed by atoms with van der Waals surface area (Å²) in [5, 5.41) is 14.5. The van der Waals surface area contributed by atoms with Crippen molar-refractivity contribution in [1.29, 1.82) is 0 Å². The van der Waals surface area contributed by atoms with Crippen LogP contribution in [0.5, 0.6) is 5.75 Å². The molecule has 0 aromatic heterocycles. The molecule has 0 bridgehead atoms. The Balaban J connectivity index is 2.72. The van der Waals surface area contributed by atoms with Crippen molar-refractivity contribution in [2.24, 2.45) is 0 Å². The highest BCUT2D eigenvalue weighted by Gasteiger charge is 2.11. The van der Waals surface area contributed by atoms with Gasteiger partial charge in [0.25, 0.3) is 0 Å². The van der Waals surface area contributed by atoms with Crippen molar-refractivity contribution in [3.05, 3.63) is 23.8 Å². The van der Waals surface area contributed by atoms with Gasteiger partial charge in [-0.05, 0) is 37.5 Å². The first-order valence-electron chi connectivity index (χ1n) is 7.02. The van der Waals surface area contributed by atoms with E-state index >= 15 is 0 Å². The van der Waals surface area contributed by atoms with Gasteiger partial charge < -0.3 is 20.5 Å². The van der Waals surface area contributed by atoms with Crippen molar-refractivity contribution in [2.45, 2.75) is 39.7 Å². The zero-order valence-electron chi connectivity index (χ0n) is 12.4. The summed E-state index contributed by atoms with van der Waals surface area (Å²) in [5.74, 6) is 0.666. The number of amides is 2. The number of rotatable bonds is 7. The van der Waals surface area contributed by atoms with Crippen LogP contribution in [0.4, 0.5) is 10.5 Å². The fourth-order valence-electron chi connectivity index (χ4n) is 1.68. The van der Waals surface area contributed by atoms with Crippen LogP contribution in [0.2, 0.25) is 0 Å². The smallest absolute Gasteiger partial charge is 0.319 e. The van der Waals surface area contributed by atoms with E-state index in [0.717, 1.165) is 12.0 Å². The van der Waals surface area contributed by atoms with Gasteiger partial charge in [0.1, 0.15) is 5.75 Å². The lowest BCUT2D eigenvalue weighted by Crippen LogP contribution is -2.39. The SMILES string of the molecule is CCCOc1cc(C)ccc1NC(=O)NC(CC)CO. The third kappa shape index (κ3) is 5.09. The molecule has 1 aromatic carbocycles. The van der Waals surface area contributed by atoms with E-state index in [4.69, 9.17) is 9.84 Å². The second-order valence-electron chi connectivity index (χ2n) is 4.73. The molecule has 5 nitrogen and oxygen atoms in total. The zero-order chi connectivity index (χ0) is 15.0. The van der Waals surface area contributed by atoms with Gasteiger partial charge in [-0.25, -0.2) is 4.79 Å². The molecule has 112 valence electrons. The van der Waals surface area contributed by atoms with Gasteiger partial charge in [-0.3, -0.25) is 0 Å². The molecule has 1 atom stereocenters. The number of urea groups is 1. The second-order valence-corrected chi connectivity index (χ2v) is 4.73. The number of aliphatic hydroxyl groups excluding tert-OH is 1. The molecule has 5 heteroatoms. The number of ether oxygens (including phenoxy) is 1. The Morgan fingerprint density at radius 2 is 2.15 bits per heavy atom. The molecule has 1 aromatic rings. The summed E-state index contributed by atoms with van der Waals surface area (Å²) in [4.78, 5) is 11.9. The maximum absolute atomic E-state index is 11.9. The molecule has 20 heavy (non-hydrogen) atoms. The van der Waals surface area contributed by atoms with Gasteiger partial charge in [0.15, 0.2) is 0 Å². The first-order chi connectivity index (χ1) is 9.60. The zero-order valence-corrected chi connectivity index (χ0v) is 12.4. The largest absolute Gasteiger partial charge is 0.491 e. The van der Waals surface area contributed by atoms with Crippen molar-refractivity contribution in [1.82, 2.24) is 5.32 Å². The standard InChI is InChI=1S/C15H24N2O3/c1-4-8-20-14-9-11(3)6-7-13(14)17-15(19)16-12(5-2)10-18/h6-7,9,12,18H,4-5,8,10H2,1-3H3,(H2,16,17,19). The van der Waals surface area contributed by atoms with Gasteiger partial charge in [-0.15, -0.1) is 0 Å². The Morgan fingerprint density at radius 3 is 2.75 bits per heavy atom. The fraction of sp³-hybridized carbons (Fsp3) is 0.533. The van der Waals surface area contributed by atoms with Crippen LogP contribution in [0.25, 0.3) is 0 Å². The first-order valence-corrected chi connectivity index (χ1v) is 7.02. The maximum Gasteiger partial charge on any atom is 0.319 e. The Morgan fingerprint density at radius 1 is 1.40 bits per heavy atom. The Labute approximate surface area is 120 Å². The van der Waals surface area contributed by atoms with Crippen LogP contribution in [-0.2, 0) is 0 Å². The number of hydrogen-bond acceptors (Lipinski definition) is 3. The molecule has 0 aliphatic rings. The van der Waals surface area contributed by atoms with Crippen molar-refractivity contribution in [3.8, 4) is 5.75 Å². The van der Waals surface area contributed by atoms with Crippen LogP contribution in [-0.4, -0.2) is 30.4 Å². The molecular weight excluding hydrogens is 256 g/mol. The lowest BCUT2D eigenvalue weighted by atomic mass is 10.2. The summed E-state index contributed by atoms with van der Waals surface area (Å²) in [6.45, 7) is 6.44. The van der Waals surface area contributed by atoms with Crippen molar-refractivity contribution >= 4 is 11.7 Å². The second kappa shape index (κ2) is 8.43. The maximum atomic E-state index is 11.9. The lowest BCUT2D eigenvalue weighted by Gasteiger charge is -2.17. The highest BCUT2D eigenvalue weighted by atomic mass is 16.5. The first kappa shape index (κ1) is 16.3. The molecule has 3 N–H and O–H groups in total. The van der Waals surface area contributed by atoms with Gasteiger partial charge in [-0.1, -0.05) is 19.9 Å². The molecule has 2 amide bonds. The van der Waals surface area contributed by atoms with Gasteiger partial charge in [-0.2, -0.15) is 0 Å². The summed E-state index contributed by atoms with van der Waals surface area (Å²) >= 11 is 0. The van der Waals surface area contributed by atoms with Crippen molar-refractivity contribution in [2.75, 3.05) is 18.5 Å².